The molecule has 6 heteroatoms. The maximum absolute atomic E-state index is 11.5. The van der Waals surface area contributed by atoms with Gasteiger partial charge in [-0.15, -0.1) is 11.8 Å². The van der Waals surface area contributed by atoms with E-state index < -0.39 is 5.60 Å². The van der Waals surface area contributed by atoms with Crippen molar-refractivity contribution < 1.29 is 14.6 Å². The Balaban J connectivity index is 2.09. The van der Waals surface area contributed by atoms with E-state index in [9.17, 15) is 9.90 Å². The summed E-state index contributed by atoms with van der Waals surface area (Å²) in [7, 11) is 0. The third-order valence-corrected chi connectivity index (χ3v) is 3.69. The molecule has 1 heterocycles. The molecule has 0 spiro atoms. The predicted octanol–water partition coefficient (Wildman–Crippen LogP) is 0.327. The molecular formula is C13H26N2O3S. The third kappa shape index (κ3) is 8.47. The van der Waals surface area contributed by atoms with Crippen molar-refractivity contribution in [3.63, 3.8) is 0 Å². The van der Waals surface area contributed by atoms with E-state index in [1.165, 1.54) is 11.8 Å². The quantitative estimate of drug-likeness (QED) is 0.687. The van der Waals surface area contributed by atoms with Crippen LogP contribution in [0.4, 0.5) is 0 Å². The Morgan fingerprint density at radius 1 is 1.42 bits per heavy atom. The number of nitrogens with zero attached hydrogens (tertiary/aromatic N) is 1. The summed E-state index contributed by atoms with van der Waals surface area (Å²) in [6, 6.07) is 0. The maximum atomic E-state index is 11.5. The van der Waals surface area contributed by atoms with E-state index in [1.807, 2.05) is 20.8 Å². The van der Waals surface area contributed by atoms with E-state index in [1.54, 1.807) is 0 Å². The number of nitrogens with one attached hydrogen (secondary N) is 1. The number of hydrogen-bond donors (Lipinski definition) is 2. The van der Waals surface area contributed by atoms with Crippen molar-refractivity contribution in [2.45, 2.75) is 32.5 Å². The van der Waals surface area contributed by atoms with E-state index >= 15 is 0 Å². The second-order valence-electron chi connectivity index (χ2n) is 5.81. The lowest BCUT2D eigenvalue weighted by Gasteiger charge is -2.29. The summed E-state index contributed by atoms with van der Waals surface area (Å²) in [6.07, 6.45) is -0.384. The minimum Gasteiger partial charge on any atom is -0.459 e. The Bertz CT molecular complexity index is 276. The van der Waals surface area contributed by atoms with Crippen LogP contribution in [0.15, 0.2) is 0 Å². The standard InChI is InChI=1S/C13H26N2O3S/c1-13(2,3)18-12(17)10-19-9-11(16)8-15-6-4-14-5-7-15/h11,14,16H,4-10H2,1-3H3. The van der Waals surface area contributed by atoms with Gasteiger partial charge in [-0.1, -0.05) is 0 Å². The Labute approximate surface area is 120 Å². The van der Waals surface area contributed by atoms with Gasteiger partial charge in [0.05, 0.1) is 11.9 Å². The summed E-state index contributed by atoms with van der Waals surface area (Å²) < 4.78 is 5.21. The number of ether oxygens (including phenoxy) is 1. The van der Waals surface area contributed by atoms with Crippen molar-refractivity contribution >= 4 is 17.7 Å². The molecule has 0 aromatic rings. The highest BCUT2D eigenvalue weighted by atomic mass is 32.2. The number of carbonyl (C=O) groups is 1. The smallest absolute Gasteiger partial charge is 0.316 e. The van der Waals surface area contributed by atoms with Gasteiger partial charge in [-0.2, -0.15) is 0 Å². The number of esters is 1. The van der Waals surface area contributed by atoms with Gasteiger partial charge in [0.25, 0.3) is 0 Å². The Morgan fingerprint density at radius 2 is 2.05 bits per heavy atom. The molecule has 0 radical (unpaired) electrons. The molecule has 19 heavy (non-hydrogen) atoms. The highest BCUT2D eigenvalue weighted by Gasteiger charge is 2.18. The highest BCUT2D eigenvalue weighted by molar-refractivity contribution is 7.99. The van der Waals surface area contributed by atoms with Crippen LogP contribution in [-0.4, -0.2) is 71.9 Å². The Hall–Kier alpha value is -0.300. The lowest BCUT2D eigenvalue weighted by molar-refractivity contribution is -0.151. The number of aliphatic hydroxyl groups is 1. The molecule has 112 valence electrons. The number of thioether (sulfide) groups is 1. The molecule has 1 fully saturated rings. The van der Waals surface area contributed by atoms with Crippen LogP contribution in [0, 0.1) is 0 Å². The molecule has 5 nitrogen and oxygen atoms in total. The van der Waals surface area contributed by atoms with Crippen LogP contribution in [0.3, 0.4) is 0 Å². The zero-order valence-corrected chi connectivity index (χ0v) is 13.0. The van der Waals surface area contributed by atoms with Crippen LogP contribution >= 0.6 is 11.8 Å². The number of piperazine rings is 1. The van der Waals surface area contributed by atoms with E-state index in [4.69, 9.17) is 4.74 Å². The summed E-state index contributed by atoms with van der Waals surface area (Å²) in [5.74, 6) is 0.658. The van der Waals surface area contributed by atoms with Crippen molar-refractivity contribution in [1.29, 1.82) is 0 Å². The highest BCUT2D eigenvalue weighted by Crippen LogP contribution is 2.11. The summed E-state index contributed by atoms with van der Waals surface area (Å²) in [5.41, 5.74) is -0.433. The molecule has 0 amide bonds. The zero-order valence-electron chi connectivity index (χ0n) is 12.1. The molecule has 0 aromatic carbocycles. The van der Waals surface area contributed by atoms with Crippen LogP contribution in [-0.2, 0) is 9.53 Å². The largest absolute Gasteiger partial charge is 0.459 e. The molecule has 0 aromatic heterocycles. The molecule has 1 aliphatic rings. The summed E-state index contributed by atoms with van der Waals surface area (Å²) >= 11 is 1.43. The van der Waals surface area contributed by atoms with E-state index in [0.717, 1.165) is 26.2 Å². The van der Waals surface area contributed by atoms with Gasteiger partial charge >= 0.3 is 5.97 Å². The van der Waals surface area contributed by atoms with Gasteiger partial charge in [-0.05, 0) is 20.8 Å². The predicted molar refractivity (Wildman–Crippen MR) is 78.5 cm³/mol. The molecular weight excluding hydrogens is 264 g/mol. The first-order chi connectivity index (χ1) is 8.87. The van der Waals surface area contributed by atoms with Crippen LogP contribution in [0.2, 0.25) is 0 Å². The summed E-state index contributed by atoms with van der Waals surface area (Å²) in [5, 5.41) is 13.2. The molecule has 2 N–H and O–H groups in total. The summed E-state index contributed by atoms with van der Waals surface area (Å²) in [6.45, 7) is 10.2. The van der Waals surface area contributed by atoms with Crippen molar-refractivity contribution in [1.82, 2.24) is 10.2 Å². The zero-order chi connectivity index (χ0) is 14.3. The third-order valence-electron chi connectivity index (χ3n) is 2.63. The van der Waals surface area contributed by atoms with Crippen molar-refractivity contribution in [3.8, 4) is 0 Å². The minimum atomic E-state index is -0.433. The average molecular weight is 290 g/mol. The Kier molecular flexibility index (Phi) is 7.13. The van der Waals surface area contributed by atoms with Crippen molar-refractivity contribution in [2.75, 3.05) is 44.2 Å². The van der Waals surface area contributed by atoms with Crippen LogP contribution in [0.5, 0.6) is 0 Å². The number of hydrogen-bond acceptors (Lipinski definition) is 6. The average Bonchev–Trinajstić information content (AvgIpc) is 2.27. The van der Waals surface area contributed by atoms with Gasteiger partial charge in [0.15, 0.2) is 0 Å². The topological polar surface area (TPSA) is 61.8 Å². The fraction of sp³-hybridized carbons (Fsp3) is 0.923. The van der Waals surface area contributed by atoms with Gasteiger partial charge in [0, 0.05) is 38.5 Å². The maximum Gasteiger partial charge on any atom is 0.316 e. The number of carbonyl (C=O) groups excluding carboxylic acids is 1. The molecule has 1 saturated heterocycles. The van der Waals surface area contributed by atoms with Crippen molar-refractivity contribution in [3.05, 3.63) is 0 Å². The molecule has 1 aliphatic heterocycles. The first kappa shape index (κ1) is 16.8. The molecule has 0 saturated carbocycles. The lowest BCUT2D eigenvalue weighted by atomic mass is 10.2. The first-order valence-electron chi connectivity index (χ1n) is 6.77. The normalized spacial score (nSPS) is 19.2. The van der Waals surface area contributed by atoms with E-state index in [2.05, 4.69) is 10.2 Å². The monoisotopic (exact) mass is 290 g/mol. The lowest BCUT2D eigenvalue weighted by Crippen LogP contribution is -2.46. The second kappa shape index (κ2) is 8.09. The molecule has 1 unspecified atom stereocenters. The minimum absolute atomic E-state index is 0.216. The first-order valence-corrected chi connectivity index (χ1v) is 7.93. The van der Waals surface area contributed by atoms with E-state index in [0.29, 0.717) is 18.1 Å². The van der Waals surface area contributed by atoms with E-state index in [-0.39, 0.29) is 12.1 Å². The molecule has 0 bridgehead atoms. The number of β-amino-alcohol motifs (C(OH)–C–C–N with tert-alkyl or cyclic N) is 1. The van der Waals surface area contributed by atoms with Gasteiger partial charge in [0.1, 0.15) is 5.60 Å². The second-order valence-corrected chi connectivity index (χ2v) is 6.84. The number of aliphatic hydroxyl groups excluding tert-OH is 1. The van der Waals surface area contributed by atoms with Gasteiger partial charge in [-0.25, -0.2) is 0 Å². The van der Waals surface area contributed by atoms with Crippen LogP contribution in [0.25, 0.3) is 0 Å². The molecule has 0 aliphatic carbocycles. The van der Waals surface area contributed by atoms with Gasteiger partial charge < -0.3 is 15.2 Å². The molecule has 1 rings (SSSR count). The van der Waals surface area contributed by atoms with Crippen molar-refractivity contribution in [2.24, 2.45) is 0 Å². The summed E-state index contributed by atoms with van der Waals surface area (Å²) in [4.78, 5) is 13.7. The van der Waals surface area contributed by atoms with Gasteiger partial charge in [-0.3, -0.25) is 9.69 Å². The SMILES string of the molecule is CC(C)(C)OC(=O)CSCC(O)CN1CCNCC1. The van der Waals surface area contributed by atoms with Crippen LogP contribution in [0.1, 0.15) is 20.8 Å². The van der Waals surface area contributed by atoms with Crippen LogP contribution < -0.4 is 5.32 Å². The van der Waals surface area contributed by atoms with Gasteiger partial charge in [0.2, 0.25) is 0 Å². The Morgan fingerprint density at radius 3 is 2.63 bits per heavy atom. The number of rotatable bonds is 6. The molecule has 1 atom stereocenters. The fourth-order valence-corrected chi connectivity index (χ4v) is 2.61. The fourth-order valence-electron chi connectivity index (χ4n) is 1.89.